The molecule has 2 N–H and O–H groups in total. The molecule has 1 aliphatic rings. The molecule has 26 heavy (non-hydrogen) atoms. The van der Waals surface area contributed by atoms with Crippen LogP contribution in [0.4, 0.5) is 4.39 Å². The highest BCUT2D eigenvalue weighted by molar-refractivity contribution is 5.98. The maximum absolute atomic E-state index is 14.9. The predicted molar refractivity (Wildman–Crippen MR) is 98.1 cm³/mol. The van der Waals surface area contributed by atoms with Gasteiger partial charge < -0.3 is 5.73 Å². The Kier molecular flexibility index (Phi) is 3.84. The average molecular weight is 345 g/mol. The van der Waals surface area contributed by atoms with E-state index in [0.29, 0.717) is 24.2 Å². The molecule has 0 atom stereocenters. The fourth-order valence-corrected chi connectivity index (χ4v) is 3.51. The molecule has 5 heteroatoms. The number of nitrogens with zero attached hydrogens (tertiary/aromatic N) is 2. The number of hydrogen-bond donors (Lipinski definition) is 1. The minimum atomic E-state index is -0.613. The van der Waals surface area contributed by atoms with E-state index in [1.165, 1.54) is 6.07 Å². The molecule has 0 saturated heterocycles. The van der Waals surface area contributed by atoms with Gasteiger partial charge in [-0.1, -0.05) is 30.8 Å². The van der Waals surface area contributed by atoms with Crippen LogP contribution in [-0.4, -0.2) is 15.9 Å². The summed E-state index contributed by atoms with van der Waals surface area (Å²) in [7, 11) is 0. The highest BCUT2D eigenvalue weighted by Crippen LogP contribution is 2.42. The number of hydrogen-bond acceptors (Lipinski definition) is 3. The van der Waals surface area contributed by atoms with Crippen molar-refractivity contribution in [2.75, 3.05) is 0 Å². The van der Waals surface area contributed by atoms with Crippen LogP contribution in [0.15, 0.2) is 49.3 Å². The molecular formula is C21H16FN3O. The zero-order chi connectivity index (χ0) is 18.3. The van der Waals surface area contributed by atoms with Crippen molar-refractivity contribution in [2.45, 2.75) is 12.8 Å². The van der Waals surface area contributed by atoms with Crippen LogP contribution >= 0.6 is 0 Å². The fraction of sp³-hybridized carbons (Fsp3) is 0.0952. The van der Waals surface area contributed by atoms with Crippen molar-refractivity contribution >= 4 is 12.0 Å². The molecule has 1 heterocycles. The lowest BCUT2D eigenvalue weighted by Crippen LogP contribution is -2.15. The Labute approximate surface area is 150 Å². The van der Waals surface area contributed by atoms with Crippen LogP contribution in [0.2, 0.25) is 0 Å². The first-order chi connectivity index (χ1) is 12.6. The zero-order valence-electron chi connectivity index (χ0n) is 14.0. The summed E-state index contributed by atoms with van der Waals surface area (Å²) >= 11 is 0. The van der Waals surface area contributed by atoms with Crippen LogP contribution < -0.4 is 5.73 Å². The monoisotopic (exact) mass is 345 g/mol. The van der Waals surface area contributed by atoms with Crippen LogP contribution in [0.25, 0.3) is 17.2 Å². The van der Waals surface area contributed by atoms with Crippen LogP contribution in [0.5, 0.6) is 0 Å². The first-order valence-electron chi connectivity index (χ1n) is 8.24. The number of halogens is 1. The molecule has 0 spiro atoms. The first-order valence-corrected chi connectivity index (χ1v) is 8.24. The van der Waals surface area contributed by atoms with Crippen LogP contribution in [0.1, 0.15) is 38.4 Å². The third-order valence-corrected chi connectivity index (χ3v) is 4.70. The van der Waals surface area contributed by atoms with Crippen LogP contribution in [0.3, 0.4) is 0 Å². The molecular weight excluding hydrogens is 329 g/mol. The second kappa shape index (κ2) is 6.19. The summed E-state index contributed by atoms with van der Waals surface area (Å²) in [6, 6.07) is 9.04. The third-order valence-electron chi connectivity index (χ3n) is 4.70. The Morgan fingerprint density at radius 3 is 2.69 bits per heavy atom. The molecule has 4 rings (SSSR count). The molecule has 3 aromatic rings. The summed E-state index contributed by atoms with van der Waals surface area (Å²) in [5.41, 5.74) is 10.6. The van der Waals surface area contributed by atoms with Crippen molar-refractivity contribution in [1.82, 2.24) is 9.97 Å². The SMILES string of the molecule is C=Cc1ncc(Cc2c(F)cc(C(N)=O)c3c2-c2ccccc2C3)cn1. The molecule has 0 radical (unpaired) electrons. The van der Waals surface area contributed by atoms with Gasteiger partial charge in [0.2, 0.25) is 5.91 Å². The van der Waals surface area contributed by atoms with Crippen molar-refractivity contribution in [3.8, 4) is 11.1 Å². The van der Waals surface area contributed by atoms with E-state index in [2.05, 4.69) is 16.5 Å². The van der Waals surface area contributed by atoms with Gasteiger partial charge in [0.05, 0.1) is 0 Å². The molecule has 1 amide bonds. The third kappa shape index (κ3) is 2.58. The predicted octanol–water partition coefficient (Wildman–Crippen LogP) is 3.52. The number of benzene rings is 2. The minimum Gasteiger partial charge on any atom is -0.366 e. The standard InChI is InChI=1S/C21H16FN3O/c1-2-19-24-10-12(11-25-19)7-17-18(22)9-16(21(23)26)15-8-13-5-3-4-6-14(13)20(15)17/h2-6,9-11H,1,7-8H2,(H2,23,26). The lowest BCUT2D eigenvalue weighted by Gasteiger charge is -2.14. The highest BCUT2D eigenvalue weighted by Gasteiger charge is 2.28. The van der Waals surface area contributed by atoms with E-state index in [1.54, 1.807) is 18.5 Å². The summed E-state index contributed by atoms with van der Waals surface area (Å²) < 4.78 is 14.9. The fourth-order valence-electron chi connectivity index (χ4n) is 3.51. The van der Waals surface area contributed by atoms with Gasteiger partial charge in [-0.3, -0.25) is 4.79 Å². The number of carbonyl (C=O) groups is 1. The van der Waals surface area contributed by atoms with E-state index < -0.39 is 11.7 Å². The number of aromatic nitrogens is 2. The topological polar surface area (TPSA) is 68.9 Å². The Bertz CT molecular complexity index is 1040. The normalized spacial score (nSPS) is 11.7. The van der Waals surface area contributed by atoms with E-state index in [1.807, 2.05) is 24.3 Å². The number of carbonyl (C=O) groups excluding carboxylic acids is 1. The number of amides is 1. The quantitative estimate of drug-likeness (QED) is 0.615. The number of nitrogens with two attached hydrogens (primary N) is 1. The number of fused-ring (bicyclic) bond motifs is 3. The Morgan fingerprint density at radius 1 is 1.27 bits per heavy atom. The summed E-state index contributed by atoms with van der Waals surface area (Å²) in [5.74, 6) is -0.533. The van der Waals surface area contributed by atoms with E-state index in [-0.39, 0.29) is 5.56 Å². The van der Waals surface area contributed by atoms with Gasteiger partial charge in [0.25, 0.3) is 0 Å². The minimum absolute atomic E-state index is 0.246. The zero-order valence-corrected chi connectivity index (χ0v) is 14.0. The van der Waals surface area contributed by atoms with Crippen molar-refractivity contribution in [3.63, 3.8) is 0 Å². The second-order valence-corrected chi connectivity index (χ2v) is 6.27. The molecule has 0 bridgehead atoms. The number of rotatable bonds is 4. The molecule has 0 fully saturated rings. The van der Waals surface area contributed by atoms with Gasteiger partial charge in [0.1, 0.15) is 5.82 Å². The summed E-state index contributed by atoms with van der Waals surface area (Å²) in [6.45, 7) is 3.63. The molecule has 128 valence electrons. The van der Waals surface area contributed by atoms with Crippen LogP contribution in [0, 0.1) is 5.82 Å². The molecule has 1 aromatic heterocycles. The summed E-state index contributed by atoms with van der Waals surface area (Å²) in [5, 5.41) is 0. The molecule has 0 aliphatic heterocycles. The van der Waals surface area contributed by atoms with E-state index in [4.69, 9.17) is 5.73 Å². The van der Waals surface area contributed by atoms with Crippen molar-refractivity contribution in [2.24, 2.45) is 5.73 Å². The second-order valence-electron chi connectivity index (χ2n) is 6.27. The van der Waals surface area contributed by atoms with Gasteiger partial charge in [-0.15, -0.1) is 0 Å². The lowest BCUT2D eigenvalue weighted by atomic mass is 9.91. The Morgan fingerprint density at radius 2 is 2.00 bits per heavy atom. The Balaban J connectivity index is 1.89. The smallest absolute Gasteiger partial charge is 0.249 e. The van der Waals surface area contributed by atoms with Gasteiger partial charge in [-0.2, -0.15) is 0 Å². The maximum atomic E-state index is 14.9. The lowest BCUT2D eigenvalue weighted by molar-refractivity contribution is 0.0999. The molecule has 0 saturated carbocycles. The highest BCUT2D eigenvalue weighted by atomic mass is 19.1. The molecule has 1 aliphatic carbocycles. The van der Waals surface area contributed by atoms with Crippen molar-refractivity contribution < 1.29 is 9.18 Å². The average Bonchev–Trinajstić information content (AvgIpc) is 3.03. The van der Waals surface area contributed by atoms with Crippen LogP contribution in [-0.2, 0) is 12.8 Å². The van der Waals surface area contributed by atoms with Crippen molar-refractivity contribution in [3.05, 3.63) is 88.8 Å². The largest absolute Gasteiger partial charge is 0.366 e. The van der Waals surface area contributed by atoms with Gasteiger partial charge in [0, 0.05) is 29.9 Å². The van der Waals surface area contributed by atoms with Gasteiger partial charge in [-0.05, 0) is 46.4 Å². The Hall–Kier alpha value is -3.34. The first kappa shape index (κ1) is 16.1. The summed E-state index contributed by atoms with van der Waals surface area (Å²) in [4.78, 5) is 20.2. The van der Waals surface area contributed by atoms with Gasteiger partial charge in [-0.25, -0.2) is 14.4 Å². The number of primary amides is 1. The maximum Gasteiger partial charge on any atom is 0.249 e. The molecule has 2 aromatic carbocycles. The van der Waals surface area contributed by atoms with E-state index in [0.717, 1.165) is 27.8 Å². The summed E-state index contributed by atoms with van der Waals surface area (Å²) in [6.07, 6.45) is 5.79. The van der Waals surface area contributed by atoms with E-state index >= 15 is 0 Å². The molecule has 4 nitrogen and oxygen atoms in total. The van der Waals surface area contributed by atoms with Gasteiger partial charge >= 0.3 is 0 Å². The molecule has 0 unspecified atom stereocenters. The van der Waals surface area contributed by atoms with E-state index in [9.17, 15) is 9.18 Å². The van der Waals surface area contributed by atoms with Gasteiger partial charge in [0.15, 0.2) is 5.82 Å². The van der Waals surface area contributed by atoms with Crippen molar-refractivity contribution in [1.29, 1.82) is 0 Å².